The minimum Gasteiger partial charge on any atom is -0.0654 e. The summed E-state index contributed by atoms with van der Waals surface area (Å²) < 4.78 is 0. The summed E-state index contributed by atoms with van der Waals surface area (Å²) in [5.41, 5.74) is 0. The van der Waals surface area contributed by atoms with Crippen LogP contribution in [0.5, 0.6) is 0 Å². The van der Waals surface area contributed by atoms with E-state index in [1.807, 2.05) is 0 Å². The summed E-state index contributed by atoms with van der Waals surface area (Å²) in [6.07, 6.45) is 48.6. The van der Waals surface area contributed by atoms with E-state index in [2.05, 4.69) is 27.7 Å². The number of hydrogen-bond donors (Lipinski definition) is 0. The molecule has 0 N–H and O–H groups in total. The SMILES string of the molecule is CCCCCCCCCCCCCCCCCCCC(C)CCCC(C)CCCCCCCCCCCCC. The van der Waals surface area contributed by atoms with Gasteiger partial charge in [0.2, 0.25) is 0 Å². The summed E-state index contributed by atoms with van der Waals surface area (Å²) in [5, 5.41) is 0. The van der Waals surface area contributed by atoms with E-state index in [0.29, 0.717) is 0 Å². The van der Waals surface area contributed by atoms with Crippen molar-refractivity contribution in [3.05, 3.63) is 0 Å². The molecule has 0 bridgehead atoms. The van der Waals surface area contributed by atoms with Gasteiger partial charge in [0.1, 0.15) is 0 Å². The maximum Gasteiger partial charge on any atom is -0.0443 e. The number of unbranched alkanes of at least 4 members (excludes halogenated alkanes) is 26. The van der Waals surface area contributed by atoms with Crippen molar-refractivity contribution in [1.29, 1.82) is 0 Å². The first-order chi connectivity index (χ1) is 19.2. The predicted molar refractivity (Wildman–Crippen MR) is 182 cm³/mol. The Morgan fingerprint density at radius 3 is 0.641 bits per heavy atom. The van der Waals surface area contributed by atoms with Gasteiger partial charge in [-0.15, -0.1) is 0 Å². The van der Waals surface area contributed by atoms with Crippen molar-refractivity contribution < 1.29 is 0 Å². The zero-order chi connectivity index (χ0) is 28.5. The minimum absolute atomic E-state index is 0.954. The topological polar surface area (TPSA) is 0 Å². The molecule has 0 aromatic carbocycles. The molecule has 0 saturated carbocycles. The molecule has 0 amide bonds. The maximum atomic E-state index is 2.51. The van der Waals surface area contributed by atoms with Crippen molar-refractivity contribution in [3.63, 3.8) is 0 Å². The average molecular weight is 549 g/mol. The first-order valence-electron chi connectivity index (χ1n) is 19.2. The van der Waals surface area contributed by atoms with E-state index >= 15 is 0 Å². The Bertz CT molecular complexity index is 412. The molecule has 0 aromatic rings. The van der Waals surface area contributed by atoms with E-state index in [4.69, 9.17) is 0 Å². The highest BCUT2D eigenvalue weighted by Crippen LogP contribution is 2.22. The van der Waals surface area contributed by atoms with Crippen LogP contribution >= 0.6 is 0 Å². The van der Waals surface area contributed by atoms with Crippen molar-refractivity contribution in [2.24, 2.45) is 11.8 Å². The van der Waals surface area contributed by atoms with Gasteiger partial charge in [-0.1, -0.05) is 240 Å². The first-order valence-corrected chi connectivity index (χ1v) is 19.2. The molecular weight excluding hydrogens is 468 g/mol. The smallest absolute Gasteiger partial charge is 0.0443 e. The molecule has 0 aromatic heterocycles. The lowest BCUT2D eigenvalue weighted by atomic mass is 9.92. The second kappa shape index (κ2) is 34.2. The van der Waals surface area contributed by atoms with E-state index in [1.54, 1.807) is 0 Å². The Hall–Kier alpha value is 0. The van der Waals surface area contributed by atoms with Crippen LogP contribution < -0.4 is 0 Å². The summed E-state index contributed by atoms with van der Waals surface area (Å²) in [7, 11) is 0. The molecule has 0 heteroatoms. The third-order valence-corrected chi connectivity index (χ3v) is 9.49. The van der Waals surface area contributed by atoms with Crippen molar-refractivity contribution in [1.82, 2.24) is 0 Å². The summed E-state index contributed by atoms with van der Waals surface area (Å²) >= 11 is 0. The quantitative estimate of drug-likeness (QED) is 0.0701. The fourth-order valence-electron chi connectivity index (χ4n) is 6.48. The van der Waals surface area contributed by atoms with Gasteiger partial charge in [-0.2, -0.15) is 0 Å². The van der Waals surface area contributed by atoms with E-state index < -0.39 is 0 Å². The molecule has 0 saturated heterocycles. The Kier molecular flexibility index (Phi) is 34.2. The van der Waals surface area contributed by atoms with Gasteiger partial charge in [0.15, 0.2) is 0 Å². The molecule has 0 aliphatic heterocycles. The fourth-order valence-corrected chi connectivity index (χ4v) is 6.48. The molecule has 0 fully saturated rings. The van der Waals surface area contributed by atoms with Gasteiger partial charge in [-0.25, -0.2) is 0 Å². The first kappa shape index (κ1) is 39.0. The molecule has 0 aliphatic carbocycles. The van der Waals surface area contributed by atoms with Crippen LogP contribution in [0.4, 0.5) is 0 Å². The Balaban J connectivity index is 3.25. The van der Waals surface area contributed by atoms with Crippen LogP contribution in [0.15, 0.2) is 0 Å². The maximum absolute atomic E-state index is 2.51. The lowest BCUT2D eigenvalue weighted by Crippen LogP contribution is -1.99. The van der Waals surface area contributed by atoms with Crippen LogP contribution in [-0.2, 0) is 0 Å². The zero-order valence-electron chi connectivity index (χ0n) is 28.5. The van der Waals surface area contributed by atoms with Crippen molar-refractivity contribution in [2.75, 3.05) is 0 Å². The highest BCUT2D eigenvalue weighted by Gasteiger charge is 2.06. The van der Waals surface area contributed by atoms with Gasteiger partial charge in [0.25, 0.3) is 0 Å². The van der Waals surface area contributed by atoms with Crippen LogP contribution in [0, 0.1) is 11.8 Å². The third-order valence-electron chi connectivity index (χ3n) is 9.49. The van der Waals surface area contributed by atoms with E-state index in [-0.39, 0.29) is 0 Å². The molecule has 236 valence electrons. The Morgan fingerprint density at radius 2 is 0.410 bits per heavy atom. The van der Waals surface area contributed by atoms with Crippen molar-refractivity contribution >= 4 is 0 Å². The normalized spacial score (nSPS) is 13.2. The van der Waals surface area contributed by atoms with Crippen LogP contribution in [0.25, 0.3) is 0 Å². The second-order valence-corrected chi connectivity index (χ2v) is 13.9. The predicted octanol–water partition coefficient (Wildman–Crippen LogP) is 15.2. The summed E-state index contributed by atoms with van der Waals surface area (Å²) in [5.74, 6) is 1.91. The molecule has 2 unspecified atom stereocenters. The van der Waals surface area contributed by atoms with Crippen LogP contribution in [0.3, 0.4) is 0 Å². The third kappa shape index (κ3) is 34.1. The van der Waals surface area contributed by atoms with E-state index in [9.17, 15) is 0 Å². The monoisotopic (exact) mass is 549 g/mol. The van der Waals surface area contributed by atoms with Gasteiger partial charge >= 0.3 is 0 Å². The lowest BCUT2D eigenvalue weighted by Gasteiger charge is -2.14. The molecule has 0 heterocycles. The minimum atomic E-state index is 0.954. The highest BCUT2D eigenvalue weighted by atomic mass is 14.1. The summed E-state index contributed by atoms with van der Waals surface area (Å²) in [4.78, 5) is 0. The van der Waals surface area contributed by atoms with E-state index in [0.717, 1.165) is 11.8 Å². The average Bonchev–Trinajstić information content (AvgIpc) is 2.93. The van der Waals surface area contributed by atoms with Gasteiger partial charge in [0.05, 0.1) is 0 Å². The fraction of sp³-hybridized carbons (Fsp3) is 1.00. The van der Waals surface area contributed by atoms with Gasteiger partial charge in [-0.3, -0.25) is 0 Å². The summed E-state index contributed by atoms with van der Waals surface area (Å²) in [6.45, 7) is 9.65. The number of hydrogen-bond acceptors (Lipinski definition) is 0. The molecule has 0 rings (SSSR count). The Labute approximate surface area is 251 Å². The van der Waals surface area contributed by atoms with Crippen molar-refractivity contribution in [2.45, 2.75) is 240 Å². The molecule has 0 nitrogen and oxygen atoms in total. The molecule has 0 spiro atoms. The van der Waals surface area contributed by atoms with Crippen molar-refractivity contribution in [3.8, 4) is 0 Å². The molecular formula is C39H80. The molecule has 39 heavy (non-hydrogen) atoms. The van der Waals surface area contributed by atoms with Gasteiger partial charge in [-0.05, 0) is 11.8 Å². The Morgan fingerprint density at radius 1 is 0.231 bits per heavy atom. The van der Waals surface area contributed by atoms with Gasteiger partial charge < -0.3 is 0 Å². The second-order valence-electron chi connectivity index (χ2n) is 13.9. The van der Waals surface area contributed by atoms with Gasteiger partial charge in [0, 0.05) is 0 Å². The summed E-state index contributed by atoms with van der Waals surface area (Å²) in [6, 6.07) is 0. The van der Waals surface area contributed by atoms with Crippen LogP contribution in [-0.4, -0.2) is 0 Å². The van der Waals surface area contributed by atoms with Crippen LogP contribution in [0.2, 0.25) is 0 Å². The highest BCUT2D eigenvalue weighted by molar-refractivity contribution is 4.60. The van der Waals surface area contributed by atoms with E-state index in [1.165, 1.54) is 212 Å². The number of rotatable bonds is 34. The standard InChI is InChI=1S/C39H80/c1-5-7-9-11-13-15-17-18-19-20-21-22-24-26-28-30-32-35-39(4)37-33-36-38(3)34-31-29-27-25-23-16-14-12-10-8-6-2/h38-39H,5-37H2,1-4H3. The largest absolute Gasteiger partial charge is 0.0654 e. The zero-order valence-corrected chi connectivity index (χ0v) is 28.5. The molecule has 0 radical (unpaired) electrons. The molecule has 0 aliphatic rings. The van der Waals surface area contributed by atoms with Crippen LogP contribution in [0.1, 0.15) is 240 Å². The molecule has 2 atom stereocenters. The lowest BCUT2D eigenvalue weighted by molar-refractivity contribution is 0.390.